The summed E-state index contributed by atoms with van der Waals surface area (Å²) in [5.74, 6) is -1.40. The Morgan fingerprint density at radius 1 is 1.13 bits per heavy atom. The van der Waals surface area contributed by atoms with E-state index in [1.807, 2.05) is 0 Å². The van der Waals surface area contributed by atoms with Crippen molar-refractivity contribution in [1.82, 2.24) is 19.3 Å². The predicted octanol–water partition coefficient (Wildman–Crippen LogP) is 2.19. The van der Waals surface area contributed by atoms with Gasteiger partial charge in [0.05, 0.1) is 40.2 Å². The van der Waals surface area contributed by atoms with Crippen molar-refractivity contribution in [2.75, 3.05) is 29.4 Å². The molecule has 2 aromatic heterocycles. The smallest absolute Gasteiger partial charge is 0.338 e. The van der Waals surface area contributed by atoms with Crippen LogP contribution in [0.15, 0.2) is 59.5 Å². The van der Waals surface area contributed by atoms with Gasteiger partial charge >= 0.3 is 5.97 Å². The van der Waals surface area contributed by atoms with Crippen LogP contribution < -0.4 is 25.1 Å². The SMILES string of the molecule is CCOC(=O)c1ccc(OC(C(=O)Nc2cc(N[SH](=O)=O)ccc2Cl)c2nc3[nH]ccc3c(=O)n2CCCNS(C)(=O)=O)cc1. The summed E-state index contributed by atoms with van der Waals surface area (Å²) in [4.78, 5) is 46.9. The van der Waals surface area contributed by atoms with Crippen LogP contribution in [0.4, 0.5) is 11.4 Å². The number of ether oxygens (including phenoxy) is 2. The van der Waals surface area contributed by atoms with E-state index in [-0.39, 0.29) is 70.7 Å². The fourth-order valence-electron chi connectivity index (χ4n) is 4.20. The lowest BCUT2D eigenvalue weighted by Crippen LogP contribution is -2.35. The number of thiol groups is 1. The number of halogens is 1. The standard InChI is InChI=1S/C27H29ClN6O9S2/c1-3-42-27(37)16-5-8-18(9-6-16)43-22(25(35)31-21-15-17(33-44(38)39)7-10-20(21)28)24-32-23-19(11-13-29-23)26(36)34(24)14-4-12-30-45(2,40)41/h5-11,13,15,22,29-30,44H,3-4,12,14H2,1-2H3,(H,31,35)(H,33,38,39). The zero-order valence-electron chi connectivity index (χ0n) is 23.9. The summed E-state index contributed by atoms with van der Waals surface area (Å²) in [6.07, 6.45) is 1.06. The predicted molar refractivity (Wildman–Crippen MR) is 168 cm³/mol. The summed E-state index contributed by atoms with van der Waals surface area (Å²) in [7, 11) is -6.50. The Labute approximate surface area is 264 Å². The van der Waals surface area contributed by atoms with Gasteiger partial charge in [-0.15, -0.1) is 0 Å². The number of rotatable bonds is 14. The molecule has 1 unspecified atom stereocenters. The Hall–Kier alpha value is -4.45. The van der Waals surface area contributed by atoms with Crippen molar-refractivity contribution in [3.05, 3.63) is 81.5 Å². The van der Waals surface area contributed by atoms with Crippen LogP contribution in [0.2, 0.25) is 5.02 Å². The van der Waals surface area contributed by atoms with Crippen molar-refractivity contribution in [2.45, 2.75) is 26.0 Å². The molecule has 1 atom stereocenters. The zero-order chi connectivity index (χ0) is 32.7. The van der Waals surface area contributed by atoms with Gasteiger partial charge in [0.1, 0.15) is 11.4 Å². The number of nitrogens with zero attached hydrogens (tertiary/aromatic N) is 2. The van der Waals surface area contributed by atoms with E-state index in [0.29, 0.717) is 0 Å². The number of carbonyl (C=O) groups excluding carboxylic acids is 2. The molecule has 0 aliphatic heterocycles. The van der Waals surface area contributed by atoms with E-state index in [9.17, 15) is 31.2 Å². The van der Waals surface area contributed by atoms with Crippen LogP contribution in [-0.2, 0) is 37.0 Å². The maximum Gasteiger partial charge on any atom is 0.338 e. The number of fused-ring (bicyclic) bond motifs is 1. The maximum atomic E-state index is 13.9. The first-order valence-corrected chi connectivity index (χ1v) is 16.8. The minimum Gasteiger partial charge on any atom is -0.473 e. The highest BCUT2D eigenvalue weighted by molar-refractivity contribution is 7.88. The van der Waals surface area contributed by atoms with E-state index in [4.69, 9.17) is 21.1 Å². The average Bonchev–Trinajstić information content (AvgIpc) is 3.45. The molecule has 0 bridgehead atoms. The molecule has 0 saturated heterocycles. The number of hydrogen-bond donors (Lipinski definition) is 5. The van der Waals surface area contributed by atoms with Gasteiger partial charge in [-0.25, -0.2) is 31.3 Å². The summed E-state index contributed by atoms with van der Waals surface area (Å²) in [5, 5.41) is 2.90. The molecule has 4 aromatic rings. The Morgan fingerprint density at radius 2 is 1.87 bits per heavy atom. The summed E-state index contributed by atoms with van der Waals surface area (Å²) in [6.45, 7) is 1.80. The third kappa shape index (κ3) is 8.81. The molecule has 0 aliphatic carbocycles. The van der Waals surface area contributed by atoms with Gasteiger partial charge in [0.2, 0.25) is 27.0 Å². The first kappa shape index (κ1) is 33.4. The number of amides is 1. The Kier molecular flexibility index (Phi) is 10.8. The van der Waals surface area contributed by atoms with Gasteiger partial charge in [-0.05, 0) is 61.9 Å². The Morgan fingerprint density at radius 3 is 2.53 bits per heavy atom. The van der Waals surface area contributed by atoms with Crippen molar-refractivity contribution in [3.8, 4) is 5.75 Å². The summed E-state index contributed by atoms with van der Waals surface area (Å²) in [5.41, 5.74) is 0.0430. The third-order valence-corrected chi connectivity index (χ3v) is 7.66. The second-order valence-electron chi connectivity index (χ2n) is 9.48. The van der Waals surface area contributed by atoms with Crippen molar-refractivity contribution in [2.24, 2.45) is 0 Å². The van der Waals surface area contributed by atoms with E-state index >= 15 is 0 Å². The van der Waals surface area contributed by atoms with Crippen LogP contribution in [0.5, 0.6) is 5.75 Å². The van der Waals surface area contributed by atoms with Gasteiger partial charge in [-0.3, -0.25) is 18.9 Å². The topological polar surface area (TPSA) is 208 Å². The van der Waals surface area contributed by atoms with Gasteiger partial charge in [0, 0.05) is 19.3 Å². The molecule has 240 valence electrons. The summed E-state index contributed by atoms with van der Waals surface area (Å²) in [6, 6.07) is 11.3. The molecule has 0 radical (unpaired) electrons. The van der Waals surface area contributed by atoms with Gasteiger partial charge in [0.15, 0.2) is 5.82 Å². The normalized spacial score (nSPS) is 12.2. The molecule has 0 fully saturated rings. The highest BCUT2D eigenvalue weighted by Crippen LogP contribution is 2.29. The van der Waals surface area contributed by atoms with E-state index in [1.165, 1.54) is 59.3 Å². The lowest BCUT2D eigenvalue weighted by molar-refractivity contribution is -0.123. The number of hydrogen-bond acceptors (Lipinski definition) is 10. The largest absolute Gasteiger partial charge is 0.473 e. The van der Waals surface area contributed by atoms with Gasteiger partial charge in [-0.1, -0.05) is 11.6 Å². The fraction of sp³-hybridized carbons (Fsp3) is 0.259. The van der Waals surface area contributed by atoms with Crippen molar-refractivity contribution < 1.29 is 35.9 Å². The number of aromatic nitrogens is 3. The van der Waals surface area contributed by atoms with Crippen LogP contribution in [0.1, 0.15) is 35.6 Å². The molecule has 2 aromatic carbocycles. The molecule has 18 heteroatoms. The molecule has 0 spiro atoms. The fourth-order valence-corrected chi connectivity index (χ4v) is 5.23. The van der Waals surface area contributed by atoms with Crippen molar-refractivity contribution in [3.63, 3.8) is 0 Å². The third-order valence-electron chi connectivity index (χ3n) is 6.16. The second-order valence-corrected chi connectivity index (χ2v) is 12.5. The molecule has 4 rings (SSSR count). The highest BCUT2D eigenvalue weighted by Gasteiger charge is 2.30. The number of H-pyrrole nitrogens is 1. The number of anilines is 2. The van der Waals surface area contributed by atoms with E-state index in [2.05, 4.69) is 24.7 Å². The molecular weight excluding hydrogens is 652 g/mol. The Balaban J connectivity index is 1.77. The van der Waals surface area contributed by atoms with Gasteiger partial charge in [-0.2, -0.15) is 0 Å². The highest BCUT2D eigenvalue weighted by atomic mass is 35.5. The maximum absolute atomic E-state index is 13.9. The minimum atomic E-state index is -3.49. The number of sulfonamides is 1. The second kappa shape index (κ2) is 14.6. The van der Waals surface area contributed by atoms with Crippen LogP contribution in [0.25, 0.3) is 11.0 Å². The van der Waals surface area contributed by atoms with Gasteiger partial charge < -0.3 is 19.8 Å². The molecule has 1 amide bonds. The molecule has 15 nitrogen and oxygen atoms in total. The number of nitrogens with one attached hydrogen (secondary N) is 4. The van der Waals surface area contributed by atoms with Crippen molar-refractivity contribution in [1.29, 1.82) is 0 Å². The van der Waals surface area contributed by atoms with Gasteiger partial charge in [0.25, 0.3) is 11.5 Å². The monoisotopic (exact) mass is 680 g/mol. The quantitative estimate of drug-likeness (QED) is 0.0745. The number of esters is 1. The lowest BCUT2D eigenvalue weighted by Gasteiger charge is -2.22. The average molecular weight is 681 g/mol. The first-order valence-electron chi connectivity index (χ1n) is 13.3. The molecular formula is C27H29ClN6O9S2. The zero-order valence-corrected chi connectivity index (χ0v) is 26.4. The summed E-state index contributed by atoms with van der Waals surface area (Å²) >= 11 is 6.29. The first-order chi connectivity index (χ1) is 21.4. The minimum absolute atomic E-state index is 0.000296. The van der Waals surface area contributed by atoms with Crippen LogP contribution in [-0.4, -0.2) is 62.7 Å². The number of aromatic amines is 1. The lowest BCUT2D eigenvalue weighted by atomic mass is 10.2. The van der Waals surface area contributed by atoms with Crippen LogP contribution >= 0.6 is 11.6 Å². The number of carbonyl (C=O) groups is 2. The van der Waals surface area contributed by atoms with E-state index < -0.39 is 44.5 Å². The molecule has 45 heavy (non-hydrogen) atoms. The van der Waals surface area contributed by atoms with E-state index in [1.54, 1.807) is 6.92 Å². The molecule has 4 N–H and O–H groups in total. The Bertz CT molecular complexity index is 1950. The van der Waals surface area contributed by atoms with Crippen LogP contribution in [0.3, 0.4) is 0 Å². The van der Waals surface area contributed by atoms with E-state index in [0.717, 1.165) is 6.26 Å². The molecule has 0 aliphatic rings. The van der Waals surface area contributed by atoms with Crippen LogP contribution in [0, 0.1) is 0 Å². The molecule has 2 heterocycles. The number of benzene rings is 2. The van der Waals surface area contributed by atoms with Crippen molar-refractivity contribution >= 4 is 66.8 Å². The summed E-state index contributed by atoms with van der Waals surface area (Å²) < 4.78 is 62.3. The molecule has 0 saturated carbocycles.